The van der Waals surface area contributed by atoms with Crippen molar-refractivity contribution in [1.82, 2.24) is 0 Å². The summed E-state index contributed by atoms with van der Waals surface area (Å²) in [6.07, 6.45) is -0.00694. The minimum atomic E-state index is -0.403. The predicted molar refractivity (Wildman–Crippen MR) is 32.7 cm³/mol. The highest BCUT2D eigenvalue weighted by Gasteiger charge is 2.36. The zero-order valence-corrected chi connectivity index (χ0v) is 5.63. The number of hydrogen-bond acceptors (Lipinski definition) is 3. The summed E-state index contributed by atoms with van der Waals surface area (Å²) in [7, 11) is 0. The topological polar surface area (TPSA) is 52.3 Å². The number of esters is 1. The third-order valence-corrected chi connectivity index (χ3v) is 1.88. The van der Waals surface area contributed by atoms with Gasteiger partial charge in [0.15, 0.2) is 0 Å². The largest absolute Gasteiger partial charge is 0.461 e. The van der Waals surface area contributed by atoms with Gasteiger partial charge in [0.2, 0.25) is 0 Å². The molecule has 0 saturated carbocycles. The monoisotopic (exact) mass is 129 g/mol. The van der Waals surface area contributed by atoms with Crippen LogP contribution in [-0.4, -0.2) is 18.1 Å². The molecule has 3 nitrogen and oxygen atoms in total. The maximum atomic E-state index is 10.6. The summed E-state index contributed by atoms with van der Waals surface area (Å²) in [4.78, 5) is 10.6. The van der Waals surface area contributed by atoms with E-state index < -0.39 is 6.04 Å². The van der Waals surface area contributed by atoms with Crippen LogP contribution in [0.15, 0.2) is 0 Å². The first-order valence-electron chi connectivity index (χ1n) is 3.09. The van der Waals surface area contributed by atoms with E-state index in [-0.39, 0.29) is 18.0 Å². The molecule has 0 bridgehead atoms. The normalized spacial score (nSPS) is 43.0. The molecule has 9 heavy (non-hydrogen) atoms. The second-order valence-corrected chi connectivity index (χ2v) is 2.53. The second-order valence-electron chi connectivity index (χ2n) is 2.53. The van der Waals surface area contributed by atoms with E-state index in [2.05, 4.69) is 0 Å². The van der Waals surface area contributed by atoms with Crippen molar-refractivity contribution in [2.75, 3.05) is 0 Å². The summed E-state index contributed by atoms with van der Waals surface area (Å²) in [5, 5.41) is 0. The van der Waals surface area contributed by atoms with E-state index in [0.29, 0.717) is 0 Å². The lowest BCUT2D eigenvalue weighted by atomic mass is 10.0. The first-order valence-corrected chi connectivity index (χ1v) is 3.09. The highest BCUT2D eigenvalue weighted by molar-refractivity contribution is 5.78. The van der Waals surface area contributed by atoms with Gasteiger partial charge in [-0.1, -0.05) is 6.92 Å². The fourth-order valence-electron chi connectivity index (χ4n) is 0.876. The Morgan fingerprint density at radius 1 is 1.56 bits per heavy atom. The third-order valence-electron chi connectivity index (χ3n) is 1.88. The number of cyclic esters (lactones) is 1. The van der Waals surface area contributed by atoms with Crippen molar-refractivity contribution in [1.29, 1.82) is 0 Å². The fraction of sp³-hybridized carbons (Fsp3) is 0.833. The quantitative estimate of drug-likeness (QED) is 0.464. The standard InChI is InChI=1S/C6H11NO2/c1-3-4(2)9-6(8)5(3)7/h3-5H,7H2,1-2H3/t3-,4-,5+/m0/s1. The molecule has 0 aromatic heterocycles. The zero-order valence-electron chi connectivity index (χ0n) is 5.63. The third kappa shape index (κ3) is 0.920. The Hall–Kier alpha value is -0.570. The molecule has 0 radical (unpaired) electrons. The number of nitrogens with two attached hydrogens (primary N) is 1. The molecule has 3 heteroatoms. The molecule has 1 saturated heterocycles. The van der Waals surface area contributed by atoms with E-state index in [1.165, 1.54) is 0 Å². The number of ether oxygens (including phenoxy) is 1. The highest BCUT2D eigenvalue weighted by atomic mass is 16.6. The number of rotatable bonds is 0. The molecule has 1 heterocycles. The molecule has 1 rings (SSSR count). The van der Waals surface area contributed by atoms with E-state index in [1.807, 2.05) is 13.8 Å². The molecular formula is C6H11NO2. The van der Waals surface area contributed by atoms with Gasteiger partial charge < -0.3 is 10.5 Å². The van der Waals surface area contributed by atoms with Gasteiger partial charge in [-0.2, -0.15) is 0 Å². The van der Waals surface area contributed by atoms with Crippen LogP contribution in [0.4, 0.5) is 0 Å². The molecule has 52 valence electrons. The van der Waals surface area contributed by atoms with Crippen LogP contribution in [0.3, 0.4) is 0 Å². The van der Waals surface area contributed by atoms with Crippen LogP contribution in [-0.2, 0) is 9.53 Å². The molecule has 1 fully saturated rings. The Kier molecular flexibility index (Phi) is 1.45. The Labute approximate surface area is 54.2 Å². The van der Waals surface area contributed by atoms with Crippen LogP contribution in [0, 0.1) is 5.92 Å². The van der Waals surface area contributed by atoms with Crippen molar-refractivity contribution < 1.29 is 9.53 Å². The van der Waals surface area contributed by atoms with Gasteiger partial charge in [0.1, 0.15) is 12.1 Å². The molecule has 0 aromatic rings. The maximum absolute atomic E-state index is 10.6. The lowest BCUT2D eigenvalue weighted by molar-refractivity contribution is -0.141. The minimum Gasteiger partial charge on any atom is -0.461 e. The van der Waals surface area contributed by atoms with Gasteiger partial charge in [-0.25, -0.2) is 0 Å². The van der Waals surface area contributed by atoms with Gasteiger partial charge in [-0.15, -0.1) is 0 Å². The molecule has 0 amide bonds. The van der Waals surface area contributed by atoms with Gasteiger partial charge >= 0.3 is 5.97 Å². The van der Waals surface area contributed by atoms with Crippen LogP contribution in [0.1, 0.15) is 13.8 Å². The van der Waals surface area contributed by atoms with Crippen LogP contribution < -0.4 is 5.73 Å². The lowest BCUT2D eigenvalue weighted by Gasteiger charge is -2.06. The van der Waals surface area contributed by atoms with Crippen molar-refractivity contribution >= 4 is 5.97 Å². The van der Waals surface area contributed by atoms with E-state index in [1.54, 1.807) is 0 Å². The average molecular weight is 129 g/mol. The first-order chi connectivity index (χ1) is 4.13. The van der Waals surface area contributed by atoms with Crippen LogP contribution >= 0.6 is 0 Å². The summed E-state index contributed by atoms with van der Waals surface area (Å²) in [6.45, 7) is 3.77. The van der Waals surface area contributed by atoms with Gasteiger partial charge in [0, 0.05) is 5.92 Å². The summed E-state index contributed by atoms with van der Waals surface area (Å²) in [5.41, 5.74) is 5.44. The molecule has 0 spiro atoms. The Balaban J connectivity index is 2.65. The maximum Gasteiger partial charge on any atom is 0.323 e. The van der Waals surface area contributed by atoms with Crippen molar-refractivity contribution in [3.8, 4) is 0 Å². The summed E-state index contributed by atoms with van der Waals surface area (Å²) < 4.78 is 4.82. The highest BCUT2D eigenvalue weighted by Crippen LogP contribution is 2.19. The Bertz CT molecular complexity index is 135. The van der Waals surface area contributed by atoms with Crippen LogP contribution in [0.25, 0.3) is 0 Å². The van der Waals surface area contributed by atoms with E-state index in [4.69, 9.17) is 10.5 Å². The van der Waals surface area contributed by atoms with E-state index in [9.17, 15) is 4.79 Å². The molecule has 1 aliphatic rings. The summed E-state index contributed by atoms with van der Waals surface area (Å²) in [6, 6.07) is -0.403. The van der Waals surface area contributed by atoms with Crippen LogP contribution in [0.5, 0.6) is 0 Å². The summed E-state index contributed by atoms with van der Waals surface area (Å²) in [5.74, 6) is -0.104. The molecule has 0 unspecified atom stereocenters. The molecule has 2 N–H and O–H groups in total. The van der Waals surface area contributed by atoms with Gasteiger partial charge in [0.25, 0.3) is 0 Å². The van der Waals surface area contributed by atoms with Crippen molar-refractivity contribution in [2.24, 2.45) is 11.7 Å². The SMILES string of the molecule is C[C@H]1[C@H](C)OC(=O)[C@@H]1N. The predicted octanol–water partition coefficient (Wildman–Crippen LogP) is -0.105. The number of carbonyl (C=O) groups is 1. The van der Waals surface area contributed by atoms with Crippen molar-refractivity contribution in [3.05, 3.63) is 0 Å². The molecule has 0 aliphatic carbocycles. The Morgan fingerprint density at radius 3 is 2.22 bits per heavy atom. The number of hydrogen-bond donors (Lipinski definition) is 1. The van der Waals surface area contributed by atoms with Crippen molar-refractivity contribution in [3.63, 3.8) is 0 Å². The van der Waals surface area contributed by atoms with Crippen LogP contribution in [0.2, 0.25) is 0 Å². The Morgan fingerprint density at radius 2 is 2.11 bits per heavy atom. The smallest absolute Gasteiger partial charge is 0.323 e. The summed E-state index contributed by atoms with van der Waals surface area (Å²) >= 11 is 0. The van der Waals surface area contributed by atoms with Crippen molar-refractivity contribution in [2.45, 2.75) is 26.0 Å². The average Bonchev–Trinajstić information content (AvgIpc) is 1.98. The van der Waals surface area contributed by atoms with Gasteiger partial charge in [-0.3, -0.25) is 4.79 Å². The first kappa shape index (κ1) is 6.55. The lowest BCUT2D eigenvalue weighted by Crippen LogP contribution is -2.31. The fourth-order valence-corrected chi connectivity index (χ4v) is 0.876. The second kappa shape index (κ2) is 1.99. The van der Waals surface area contributed by atoms with Gasteiger partial charge in [0.05, 0.1) is 0 Å². The molecule has 0 aromatic carbocycles. The van der Waals surface area contributed by atoms with E-state index in [0.717, 1.165) is 0 Å². The zero-order chi connectivity index (χ0) is 7.02. The minimum absolute atomic E-state index is 0.00694. The molecule has 1 aliphatic heterocycles. The molecular weight excluding hydrogens is 118 g/mol. The van der Waals surface area contributed by atoms with E-state index >= 15 is 0 Å². The number of carbonyl (C=O) groups excluding carboxylic acids is 1. The molecule has 3 atom stereocenters. The van der Waals surface area contributed by atoms with Gasteiger partial charge in [-0.05, 0) is 6.92 Å².